The van der Waals surface area contributed by atoms with Gasteiger partial charge in [0.2, 0.25) is 10.0 Å². The predicted octanol–water partition coefficient (Wildman–Crippen LogP) is 2.20. The Hall–Kier alpha value is -4.22. The molecule has 0 aliphatic carbocycles. The average Bonchev–Trinajstić information content (AvgIpc) is 2.84. The van der Waals surface area contributed by atoms with Crippen LogP contribution in [0.4, 0.5) is 10.5 Å². The molecular formula is C24H25N5O5S. The lowest BCUT2D eigenvalue weighted by molar-refractivity contribution is -0.121. The Kier molecular flexibility index (Phi) is 8.18. The number of amides is 2. The molecule has 3 rings (SSSR count). The van der Waals surface area contributed by atoms with Crippen molar-refractivity contribution in [3.63, 3.8) is 0 Å². The van der Waals surface area contributed by atoms with Crippen LogP contribution < -0.4 is 21.6 Å². The third kappa shape index (κ3) is 6.88. The summed E-state index contributed by atoms with van der Waals surface area (Å²) >= 11 is 0. The van der Waals surface area contributed by atoms with E-state index in [4.69, 9.17) is 11.0 Å². The molecular weight excluding hydrogens is 470 g/mol. The first kappa shape index (κ1) is 25.4. The van der Waals surface area contributed by atoms with Gasteiger partial charge >= 0.3 is 6.09 Å². The minimum absolute atomic E-state index is 0.0111. The molecule has 0 radical (unpaired) electrons. The number of hydrazone groups is 1. The van der Waals surface area contributed by atoms with E-state index in [9.17, 15) is 18.0 Å². The number of hydrogen-bond acceptors (Lipinski definition) is 8. The van der Waals surface area contributed by atoms with Crippen LogP contribution in [0, 0.1) is 0 Å². The second-order valence-electron chi connectivity index (χ2n) is 7.52. The number of alkyl carbamates (subject to hydrolysis) is 1. The summed E-state index contributed by atoms with van der Waals surface area (Å²) in [5, 5.41) is 14.1. The third-order valence-corrected chi connectivity index (χ3v) is 6.04. The molecule has 182 valence electrons. The van der Waals surface area contributed by atoms with Gasteiger partial charge in [0.25, 0.3) is 5.91 Å². The molecule has 0 aliphatic rings. The molecule has 1 atom stereocenters. The molecule has 3 aromatic rings. The third-order valence-electron chi connectivity index (χ3n) is 5.07. The molecule has 0 saturated carbocycles. The highest BCUT2D eigenvalue weighted by atomic mass is 32.2. The number of hydrogen-bond donors (Lipinski definition) is 4. The molecule has 0 aliphatic heterocycles. The quantitative estimate of drug-likeness (QED) is 0.211. The minimum atomic E-state index is -3.91. The number of nitrogens with one attached hydrogen (secondary N) is 2. The van der Waals surface area contributed by atoms with Crippen LogP contribution in [0.15, 0.2) is 82.8 Å². The number of anilines is 1. The highest BCUT2D eigenvalue weighted by molar-refractivity contribution is 7.89. The topological polar surface area (TPSA) is 166 Å². The van der Waals surface area contributed by atoms with Gasteiger partial charge < -0.3 is 15.9 Å². The van der Waals surface area contributed by atoms with Crippen molar-refractivity contribution in [3.8, 4) is 11.1 Å². The lowest BCUT2D eigenvalue weighted by Crippen LogP contribution is -2.43. The number of carbonyl (C=O) groups is 2. The summed E-state index contributed by atoms with van der Waals surface area (Å²) in [6, 6.07) is 19.7. The van der Waals surface area contributed by atoms with Gasteiger partial charge in [-0.15, -0.1) is 0 Å². The average molecular weight is 496 g/mol. The van der Waals surface area contributed by atoms with Crippen molar-refractivity contribution in [2.45, 2.75) is 17.4 Å². The number of ether oxygens (including phenoxy) is 1. The maximum atomic E-state index is 12.8. The number of methoxy groups -OCH3 is 1. The number of carbonyl (C=O) groups excluding carboxylic acids is 2. The number of sulfonamides is 1. The molecule has 3 aromatic carbocycles. The first-order chi connectivity index (χ1) is 16.7. The van der Waals surface area contributed by atoms with E-state index in [2.05, 4.69) is 20.5 Å². The predicted molar refractivity (Wildman–Crippen MR) is 133 cm³/mol. The highest BCUT2D eigenvalue weighted by Gasteiger charge is 2.22. The van der Waals surface area contributed by atoms with Crippen molar-refractivity contribution < 1.29 is 22.7 Å². The largest absolute Gasteiger partial charge is 0.453 e. The van der Waals surface area contributed by atoms with Gasteiger partial charge in [-0.05, 0) is 34.9 Å². The number of rotatable bonds is 8. The molecule has 0 spiro atoms. The zero-order valence-corrected chi connectivity index (χ0v) is 19.7. The van der Waals surface area contributed by atoms with Gasteiger partial charge in [-0.1, -0.05) is 54.6 Å². The zero-order chi connectivity index (χ0) is 25.4. The van der Waals surface area contributed by atoms with Crippen molar-refractivity contribution in [2.24, 2.45) is 16.1 Å². The van der Waals surface area contributed by atoms with Crippen molar-refractivity contribution in [3.05, 3.63) is 83.9 Å². The Labute approximate surface area is 203 Å². The van der Waals surface area contributed by atoms with E-state index in [0.29, 0.717) is 16.8 Å². The van der Waals surface area contributed by atoms with Gasteiger partial charge in [-0.3, -0.25) is 10.1 Å². The number of primary sulfonamides is 1. The molecule has 0 heterocycles. The van der Waals surface area contributed by atoms with Gasteiger partial charge in [0.05, 0.1) is 18.2 Å². The molecule has 11 heteroatoms. The smallest absolute Gasteiger partial charge is 0.413 e. The molecule has 0 unspecified atom stereocenters. The monoisotopic (exact) mass is 495 g/mol. The van der Waals surface area contributed by atoms with E-state index in [-0.39, 0.29) is 11.3 Å². The molecule has 6 N–H and O–H groups in total. The van der Waals surface area contributed by atoms with Gasteiger partial charge in [-0.25, -0.2) is 18.4 Å². The maximum Gasteiger partial charge on any atom is 0.413 e. The van der Waals surface area contributed by atoms with Gasteiger partial charge in [0, 0.05) is 17.7 Å². The van der Waals surface area contributed by atoms with E-state index in [1.165, 1.54) is 19.4 Å². The van der Waals surface area contributed by atoms with Crippen LogP contribution >= 0.6 is 0 Å². The Morgan fingerprint density at radius 1 is 1.06 bits per heavy atom. The van der Waals surface area contributed by atoms with E-state index in [0.717, 1.165) is 11.1 Å². The second-order valence-corrected chi connectivity index (χ2v) is 9.05. The maximum absolute atomic E-state index is 12.8. The zero-order valence-electron chi connectivity index (χ0n) is 18.8. The lowest BCUT2D eigenvalue weighted by atomic mass is 10.0. The first-order valence-electron chi connectivity index (χ1n) is 10.4. The van der Waals surface area contributed by atoms with Crippen molar-refractivity contribution >= 4 is 33.9 Å². The fourth-order valence-electron chi connectivity index (χ4n) is 3.47. The fraction of sp³-hybridized carbons (Fsp3) is 0.125. The van der Waals surface area contributed by atoms with Crippen LogP contribution in [-0.4, -0.2) is 39.8 Å². The van der Waals surface area contributed by atoms with E-state index in [1.54, 1.807) is 48.5 Å². The highest BCUT2D eigenvalue weighted by Crippen LogP contribution is 2.27. The SMILES string of the molecule is COC(=O)NC(=O)[C@H](Cc1cccc(C=NN)c1)Nc1ccc(-c2ccccc2S(N)(=O)=O)cc1. The molecule has 35 heavy (non-hydrogen) atoms. The number of imide groups is 1. The molecule has 10 nitrogen and oxygen atoms in total. The van der Waals surface area contributed by atoms with Crippen LogP contribution in [0.3, 0.4) is 0 Å². The molecule has 2 amide bonds. The summed E-state index contributed by atoms with van der Waals surface area (Å²) < 4.78 is 28.4. The van der Waals surface area contributed by atoms with Crippen LogP contribution in [0.5, 0.6) is 0 Å². The summed E-state index contributed by atoms with van der Waals surface area (Å²) in [7, 11) is -2.74. The Balaban J connectivity index is 1.87. The molecule has 0 aromatic heterocycles. The first-order valence-corrected chi connectivity index (χ1v) is 12.0. The van der Waals surface area contributed by atoms with Crippen molar-refractivity contribution in [1.29, 1.82) is 0 Å². The Bertz CT molecular complexity index is 1340. The Morgan fingerprint density at radius 2 is 1.77 bits per heavy atom. The minimum Gasteiger partial charge on any atom is -0.453 e. The number of benzene rings is 3. The summed E-state index contributed by atoms with van der Waals surface area (Å²) in [5.41, 5.74) is 3.23. The normalized spacial score (nSPS) is 12.2. The van der Waals surface area contributed by atoms with Crippen LogP contribution in [-0.2, 0) is 26.0 Å². The van der Waals surface area contributed by atoms with Crippen LogP contribution in [0.1, 0.15) is 11.1 Å². The molecule has 0 saturated heterocycles. The van der Waals surface area contributed by atoms with E-state index >= 15 is 0 Å². The van der Waals surface area contributed by atoms with Gasteiger partial charge in [0.1, 0.15) is 6.04 Å². The van der Waals surface area contributed by atoms with E-state index in [1.807, 2.05) is 18.2 Å². The Morgan fingerprint density at radius 3 is 2.43 bits per heavy atom. The molecule has 0 fully saturated rings. The molecule has 0 bridgehead atoms. The standard InChI is InChI=1S/C24H25N5O5S/c1-34-24(31)29-23(30)21(14-16-5-4-6-17(13-16)15-27-25)28-19-11-9-18(10-12-19)20-7-2-3-8-22(20)35(26,32)33/h2-13,15,21,28H,14,25H2,1H3,(H2,26,32,33)(H,29,30,31)/t21-/m0/s1. The van der Waals surface area contributed by atoms with Crippen molar-refractivity contribution in [1.82, 2.24) is 5.32 Å². The van der Waals surface area contributed by atoms with E-state index < -0.39 is 28.1 Å². The second kappa shape index (κ2) is 11.3. The summed E-state index contributed by atoms with van der Waals surface area (Å²) in [4.78, 5) is 24.4. The fourth-order valence-corrected chi connectivity index (χ4v) is 4.23. The van der Waals surface area contributed by atoms with Gasteiger partial charge in [0.15, 0.2) is 0 Å². The lowest BCUT2D eigenvalue weighted by Gasteiger charge is -2.19. The van der Waals surface area contributed by atoms with Gasteiger partial charge in [-0.2, -0.15) is 5.10 Å². The summed E-state index contributed by atoms with van der Waals surface area (Å²) in [6.45, 7) is 0. The van der Waals surface area contributed by atoms with Crippen molar-refractivity contribution in [2.75, 3.05) is 12.4 Å². The number of nitrogens with zero attached hydrogens (tertiary/aromatic N) is 1. The number of nitrogens with two attached hydrogens (primary N) is 2. The summed E-state index contributed by atoms with van der Waals surface area (Å²) in [5.74, 6) is 4.64. The van der Waals surface area contributed by atoms with Crippen LogP contribution in [0.25, 0.3) is 11.1 Å². The van der Waals surface area contributed by atoms with Crippen LogP contribution in [0.2, 0.25) is 0 Å². The summed E-state index contributed by atoms with van der Waals surface area (Å²) in [6.07, 6.45) is 0.852.